The summed E-state index contributed by atoms with van der Waals surface area (Å²) in [5.41, 5.74) is -1.16. The fraction of sp³-hybridized carbons (Fsp3) is 0.529. The van der Waals surface area contributed by atoms with Gasteiger partial charge < -0.3 is 10.4 Å². The molecule has 0 aromatic heterocycles. The van der Waals surface area contributed by atoms with Crippen LogP contribution in [0, 0.1) is 5.92 Å². The summed E-state index contributed by atoms with van der Waals surface area (Å²) in [4.78, 5) is 24.7. The molecule has 5 nitrogen and oxygen atoms in total. The molecule has 1 unspecified atom stereocenters. The highest BCUT2D eigenvalue weighted by Crippen LogP contribution is 2.37. The lowest BCUT2D eigenvalue weighted by Crippen LogP contribution is -2.41. The summed E-state index contributed by atoms with van der Waals surface area (Å²) in [6.45, 7) is 0.676. The number of aliphatic carboxylic acids is 1. The van der Waals surface area contributed by atoms with Crippen LogP contribution < -0.4 is 5.32 Å². The van der Waals surface area contributed by atoms with Crippen LogP contribution in [-0.4, -0.2) is 42.0 Å². The van der Waals surface area contributed by atoms with Gasteiger partial charge in [0, 0.05) is 13.5 Å². The van der Waals surface area contributed by atoms with Crippen LogP contribution in [0.15, 0.2) is 24.3 Å². The number of halogens is 3. The Morgan fingerprint density at radius 1 is 1.28 bits per heavy atom. The minimum absolute atomic E-state index is 0.0874. The van der Waals surface area contributed by atoms with E-state index in [1.165, 1.54) is 18.2 Å². The van der Waals surface area contributed by atoms with Gasteiger partial charge >= 0.3 is 12.1 Å². The third-order valence-corrected chi connectivity index (χ3v) is 4.56. The standard InChI is InChI=1S/C17H21F3N2O3/c1-21-14(23)10-11-6-8-22(9-7-11)15(16(24)25)12-4-2-3-5-13(12)17(18,19)20/h2-5,11,15H,6-10H2,1H3,(H,21,23)(H,24,25). The summed E-state index contributed by atoms with van der Waals surface area (Å²) in [6, 6.07) is 3.44. The van der Waals surface area contributed by atoms with E-state index in [9.17, 15) is 27.9 Å². The van der Waals surface area contributed by atoms with Crippen LogP contribution in [0.3, 0.4) is 0 Å². The van der Waals surface area contributed by atoms with Crippen LogP contribution >= 0.6 is 0 Å². The first kappa shape index (κ1) is 19.2. The summed E-state index contributed by atoms with van der Waals surface area (Å²) in [5, 5.41) is 12.1. The highest BCUT2D eigenvalue weighted by molar-refractivity contribution is 5.76. The number of alkyl halides is 3. The number of nitrogens with zero attached hydrogens (tertiary/aromatic N) is 1. The molecule has 1 aliphatic heterocycles. The molecule has 2 rings (SSSR count). The third-order valence-electron chi connectivity index (χ3n) is 4.56. The van der Waals surface area contributed by atoms with E-state index < -0.39 is 23.8 Å². The van der Waals surface area contributed by atoms with Crippen molar-refractivity contribution in [1.82, 2.24) is 10.2 Å². The van der Waals surface area contributed by atoms with Crippen molar-refractivity contribution in [2.75, 3.05) is 20.1 Å². The number of rotatable bonds is 5. The normalized spacial score (nSPS) is 17.9. The molecule has 1 aliphatic rings. The maximum absolute atomic E-state index is 13.2. The SMILES string of the molecule is CNC(=O)CC1CCN(C(C(=O)O)c2ccccc2C(F)(F)F)CC1. The van der Waals surface area contributed by atoms with E-state index in [0.29, 0.717) is 32.4 Å². The molecule has 1 atom stereocenters. The van der Waals surface area contributed by atoms with E-state index in [0.717, 1.165) is 6.07 Å². The van der Waals surface area contributed by atoms with Crippen molar-refractivity contribution in [1.29, 1.82) is 0 Å². The van der Waals surface area contributed by atoms with E-state index in [1.807, 2.05) is 0 Å². The summed E-state index contributed by atoms with van der Waals surface area (Å²) in [5.74, 6) is -1.28. The number of likely N-dealkylation sites (tertiary alicyclic amines) is 1. The van der Waals surface area contributed by atoms with Crippen molar-refractivity contribution in [3.8, 4) is 0 Å². The van der Waals surface area contributed by atoms with Gasteiger partial charge in [0.25, 0.3) is 0 Å². The number of nitrogens with one attached hydrogen (secondary N) is 1. The maximum Gasteiger partial charge on any atom is 0.416 e. The lowest BCUT2D eigenvalue weighted by Gasteiger charge is -2.36. The zero-order chi connectivity index (χ0) is 18.6. The largest absolute Gasteiger partial charge is 0.480 e. The molecule has 0 saturated carbocycles. The van der Waals surface area contributed by atoms with E-state index in [2.05, 4.69) is 5.32 Å². The molecule has 25 heavy (non-hydrogen) atoms. The fourth-order valence-corrected chi connectivity index (χ4v) is 3.26. The smallest absolute Gasteiger partial charge is 0.416 e. The van der Waals surface area contributed by atoms with Crippen molar-refractivity contribution in [2.45, 2.75) is 31.5 Å². The van der Waals surface area contributed by atoms with Crippen molar-refractivity contribution in [3.05, 3.63) is 35.4 Å². The topological polar surface area (TPSA) is 69.6 Å². The minimum atomic E-state index is -4.61. The van der Waals surface area contributed by atoms with Crippen molar-refractivity contribution < 1.29 is 27.9 Å². The monoisotopic (exact) mass is 358 g/mol. The summed E-state index contributed by atoms with van der Waals surface area (Å²) in [6.07, 6.45) is -3.11. The Morgan fingerprint density at radius 2 is 1.88 bits per heavy atom. The molecular weight excluding hydrogens is 337 g/mol. The van der Waals surface area contributed by atoms with Gasteiger partial charge in [-0.3, -0.25) is 14.5 Å². The van der Waals surface area contributed by atoms with Crippen molar-refractivity contribution in [2.24, 2.45) is 5.92 Å². The molecule has 1 fully saturated rings. The number of carboxylic acid groups (broad SMARTS) is 1. The molecule has 1 heterocycles. The lowest BCUT2D eigenvalue weighted by atomic mass is 9.90. The number of carbonyl (C=O) groups excluding carboxylic acids is 1. The molecule has 1 saturated heterocycles. The van der Waals surface area contributed by atoms with Gasteiger partial charge in [0.15, 0.2) is 0 Å². The zero-order valence-electron chi connectivity index (χ0n) is 13.8. The predicted octanol–water partition coefficient (Wildman–Crippen LogP) is 2.68. The first-order valence-electron chi connectivity index (χ1n) is 8.07. The van der Waals surface area contributed by atoms with Gasteiger partial charge in [-0.15, -0.1) is 0 Å². The second-order valence-corrected chi connectivity index (χ2v) is 6.18. The van der Waals surface area contributed by atoms with Crippen LogP contribution in [0.5, 0.6) is 0 Å². The Morgan fingerprint density at radius 3 is 2.40 bits per heavy atom. The Balaban J connectivity index is 2.19. The van der Waals surface area contributed by atoms with Crippen molar-refractivity contribution >= 4 is 11.9 Å². The molecule has 0 radical (unpaired) electrons. The van der Waals surface area contributed by atoms with Crippen LogP contribution in [0.25, 0.3) is 0 Å². The second kappa shape index (κ2) is 7.86. The second-order valence-electron chi connectivity index (χ2n) is 6.18. The highest BCUT2D eigenvalue weighted by atomic mass is 19.4. The fourth-order valence-electron chi connectivity index (χ4n) is 3.26. The van der Waals surface area contributed by atoms with Gasteiger partial charge in [-0.2, -0.15) is 13.2 Å². The molecule has 1 aromatic carbocycles. The van der Waals surface area contributed by atoms with Crippen LogP contribution in [0.2, 0.25) is 0 Å². The minimum Gasteiger partial charge on any atom is -0.480 e. The quantitative estimate of drug-likeness (QED) is 0.849. The van der Waals surface area contributed by atoms with Gasteiger partial charge in [0.1, 0.15) is 6.04 Å². The molecule has 8 heteroatoms. The van der Waals surface area contributed by atoms with Gasteiger partial charge in [-0.05, 0) is 43.5 Å². The Hall–Kier alpha value is -2.09. The molecule has 138 valence electrons. The summed E-state index contributed by atoms with van der Waals surface area (Å²) >= 11 is 0. The van der Waals surface area contributed by atoms with Gasteiger partial charge in [-0.25, -0.2) is 0 Å². The molecule has 0 spiro atoms. The molecule has 1 aromatic rings. The third kappa shape index (κ3) is 4.72. The number of hydrogen-bond donors (Lipinski definition) is 2. The number of piperidine rings is 1. The molecule has 0 aliphatic carbocycles. The highest BCUT2D eigenvalue weighted by Gasteiger charge is 2.39. The molecule has 2 N–H and O–H groups in total. The zero-order valence-corrected chi connectivity index (χ0v) is 13.8. The number of carboxylic acids is 1. The Bertz CT molecular complexity index is 626. The van der Waals surface area contributed by atoms with Crippen molar-refractivity contribution in [3.63, 3.8) is 0 Å². The van der Waals surface area contributed by atoms with Crippen LogP contribution in [0.4, 0.5) is 13.2 Å². The summed E-state index contributed by atoms with van der Waals surface area (Å²) < 4.78 is 39.7. The average Bonchev–Trinajstić information content (AvgIpc) is 2.56. The average molecular weight is 358 g/mol. The van der Waals surface area contributed by atoms with E-state index in [4.69, 9.17) is 0 Å². The molecule has 1 amide bonds. The van der Waals surface area contributed by atoms with Crippen LogP contribution in [0.1, 0.15) is 36.4 Å². The number of hydrogen-bond acceptors (Lipinski definition) is 3. The van der Waals surface area contributed by atoms with Gasteiger partial charge in [0.05, 0.1) is 5.56 Å². The van der Waals surface area contributed by atoms with E-state index in [1.54, 1.807) is 11.9 Å². The molecule has 0 bridgehead atoms. The maximum atomic E-state index is 13.2. The van der Waals surface area contributed by atoms with Gasteiger partial charge in [0.2, 0.25) is 5.91 Å². The number of benzene rings is 1. The van der Waals surface area contributed by atoms with Crippen LogP contribution in [-0.2, 0) is 15.8 Å². The number of carbonyl (C=O) groups is 2. The first-order chi connectivity index (χ1) is 11.7. The Labute approximate surface area is 143 Å². The summed E-state index contributed by atoms with van der Waals surface area (Å²) in [7, 11) is 1.55. The number of amides is 1. The van der Waals surface area contributed by atoms with E-state index >= 15 is 0 Å². The molecular formula is C17H21F3N2O3. The predicted molar refractivity (Wildman–Crippen MR) is 84.8 cm³/mol. The first-order valence-corrected chi connectivity index (χ1v) is 8.07. The Kier molecular flexibility index (Phi) is 6.05. The lowest BCUT2D eigenvalue weighted by molar-refractivity contribution is -0.146. The van der Waals surface area contributed by atoms with Gasteiger partial charge in [-0.1, -0.05) is 18.2 Å². The van der Waals surface area contributed by atoms with E-state index in [-0.39, 0.29) is 17.4 Å².